The van der Waals surface area contributed by atoms with Crippen LogP contribution in [0.5, 0.6) is 0 Å². The molecule has 4 aromatic rings. The van der Waals surface area contributed by atoms with Gasteiger partial charge in [0.25, 0.3) is 0 Å². The Morgan fingerprint density at radius 1 is 0.943 bits per heavy atom. The highest BCUT2D eigenvalue weighted by Crippen LogP contribution is 2.27. The van der Waals surface area contributed by atoms with Crippen molar-refractivity contribution in [2.75, 3.05) is 11.9 Å². The summed E-state index contributed by atoms with van der Waals surface area (Å²) >= 11 is 0. The Morgan fingerprint density at radius 2 is 1.77 bits per heavy atom. The summed E-state index contributed by atoms with van der Waals surface area (Å²) in [6, 6.07) is 25.0. The predicted octanol–water partition coefficient (Wildman–Crippen LogP) is 5.20. The van der Waals surface area contributed by atoms with Crippen molar-refractivity contribution in [3.05, 3.63) is 101 Å². The van der Waals surface area contributed by atoms with Gasteiger partial charge < -0.3 is 14.5 Å². The van der Waals surface area contributed by atoms with Crippen LogP contribution >= 0.6 is 0 Å². The molecule has 1 atom stereocenters. The molecule has 1 fully saturated rings. The van der Waals surface area contributed by atoms with Gasteiger partial charge in [-0.2, -0.15) is 0 Å². The molecule has 35 heavy (non-hydrogen) atoms. The van der Waals surface area contributed by atoms with Crippen LogP contribution < -0.4 is 10.9 Å². The van der Waals surface area contributed by atoms with Crippen molar-refractivity contribution in [2.45, 2.75) is 25.5 Å². The number of fused-ring (bicyclic) bond motifs is 1. The lowest BCUT2D eigenvalue weighted by molar-refractivity contribution is -0.120. The highest BCUT2D eigenvalue weighted by Gasteiger charge is 2.35. The molecule has 1 unspecified atom stereocenters. The largest absolute Gasteiger partial charge is 0.445 e. The molecule has 7 nitrogen and oxygen atoms in total. The first-order valence-corrected chi connectivity index (χ1v) is 11.5. The Kier molecular flexibility index (Phi) is 6.30. The van der Waals surface area contributed by atoms with Gasteiger partial charge in [0, 0.05) is 23.7 Å². The van der Waals surface area contributed by atoms with Crippen LogP contribution in [-0.4, -0.2) is 29.5 Å². The molecule has 1 saturated heterocycles. The SMILES string of the molecule is O=C(Nc1cccc(-c2ccc3oc(=O)ccc3c2)c1)C1CCCN1C(=O)OCc1ccccc1. The van der Waals surface area contributed by atoms with Crippen LogP contribution in [0, 0.1) is 0 Å². The van der Waals surface area contributed by atoms with E-state index in [2.05, 4.69) is 5.32 Å². The second kappa shape index (κ2) is 9.85. The van der Waals surface area contributed by atoms with E-state index in [1.54, 1.807) is 12.1 Å². The number of hydrogen-bond donors (Lipinski definition) is 1. The maximum Gasteiger partial charge on any atom is 0.410 e. The molecule has 1 aliphatic heterocycles. The van der Waals surface area contributed by atoms with Crippen LogP contribution in [0.2, 0.25) is 0 Å². The molecule has 0 radical (unpaired) electrons. The third-order valence-electron chi connectivity index (χ3n) is 6.08. The van der Waals surface area contributed by atoms with Gasteiger partial charge >= 0.3 is 11.7 Å². The predicted molar refractivity (Wildman–Crippen MR) is 133 cm³/mol. The standard InChI is InChI=1S/C28H24N2O5/c31-26-14-12-22-16-21(11-13-25(22)35-26)20-8-4-9-23(17-20)29-27(32)24-10-5-15-30(24)28(33)34-18-19-6-2-1-3-7-19/h1-4,6-9,11-14,16-17,24H,5,10,15,18H2,(H,29,32). The number of ether oxygens (including phenoxy) is 1. The molecular formula is C28H24N2O5. The Bertz CT molecular complexity index is 1430. The van der Waals surface area contributed by atoms with E-state index in [-0.39, 0.29) is 18.1 Å². The summed E-state index contributed by atoms with van der Waals surface area (Å²) in [7, 11) is 0. The van der Waals surface area contributed by atoms with Crippen LogP contribution in [0.1, 0.15) is 18.4 Å². The zero-order chi connectivity index (χ0) is 24.2. The van der Waals surface area contributed by atoms with Gasteiger partial charge in [0.2, 0.25) is 5.91 Å². The first kappa shape index (κ1) is 22.4. The second-order valence-electron chi connectivity index (χ2n) is 8.47. The van der Waals surface area contributed by atoms with Crippen molar-refractivity contribution in [2.24, 2.45) is 0 Å². The number of carbonyl (C=O) groups is 2. The third kappa shape index (κ3) is 5.09. The topological polar surface area (TPSA) is 88.9 Å². The van der Waals surface area contributed by atoms with Gasteiger partial charge in [0.1, 0.15) is 18.2 Å². The Hall–Kier alpha value is -4.39. The van der Waals surface area contributed by atoms with E-state index in [0.29, 0.717) is 24.2 Å². The molecule has 1 aromatic heterocycles. The molecular weight excluding hydrogens is 444 g/mol. The second-order valence-corrected chi connectivity index (χ2v) is 8.47. The number of amides is 2. The lowest BCUT2D eigenvalue weighted by atomic mass is 10.0. The van der Waals surface area contributed by atoms with Crippen LogP contribution in [0.4, 0.5) is 10.5 Å². The molecule has 2 amide bonds. The number of likely N-dealkylation sites (tertiary alicyclic amines) is 1. The zero-order valence-corrected chi connectivity index (χ0v) is 19.0. The zero-order valence-electron chi connectivity index (χ0n) is 19.0. The summed E-state index contributed by atoms with van der Waals surface area (Å²) in [4.78, 5) is 38.6. The Labute approximate surface area is 201 Å². The minimum Gasteiger partial charge on any atom is -0.445 e. The maximum absolute atomic E-state index is 13.1. The molecule has 3 aromatic carbocycles. The molecule has 7 heteroatoms. The highest BCUT2D eigenvalue weighted by molar-refractivity contribution is 5.97. The van der Waals surface area contributed by atoms with Crippen molar-refractivity contribution >= 4 is 28.7 Å². The number of nitrogens with one attached hydrogen (secondary N) is 1. The highest BCUT2D eigenvalue weighted by atomic mass is 16.6. The minimum atomic E-state index is -0.578. The molecule has 0 saturated carbocycles. The Morgan fingerprint density at radius 3 is 2.63 bits per heavy atom. The smallest absolute Gasteiger partial charge is 0.410 e. The van der Waals surface area contributed by atoms with Gasteiger partial charge in [-0.15, -0.1) is 0 Å². The number of rotatable bonds is 5. The number of benzene rings is 3. The summed E-state index contributed by atoms with van der Waals surface area (Å²) in [6.07, 6.45) is 0.844. The normalized spacial score (nSPS) is 15.2. The van der Waals surface area contributed by atoms with Crippen LogP contribution in [0.3, 0.4) is 0 Å². The summed E-state index contributed by atoms with van der Waals surface area (Å²) in [5.41, 5.74) is 3.49. The molecule has 1 aliphatic rings. The van der Waals surface area contributed by atoms with Crippen molar-refractivity contribution < 1.29 is 18.7 Å². The van der Waals surface area contributed by atoms with Crippen molar-refractivity contribution in [3.63, 3.8) is 0 Å². The van der Waals surface area contributed by atoms with E-state index in [0.717, 1.165) is 28.5 Å². The van der Waals surface area contributed by atoms with Gasteiger partial charge in [-0.3, -0.25) is 9.69 Å². The van der Waals surface area contributed by atoms with Crippen LogP contribution in [0.15, 0.2) is 94.1 Å². The molecule has 0 bridgehead atoms. The molecule has 176 valence electrons. The van der Waals surface area contributed by atoms with Crippen LogP contribution in [0.25, 0.3) is 22.1 Å². The molecule has 2 heterocycles. The lowest BCUT2D eigenvalue weighted by Crippen LogP contribution is -2.43. The fourth-order valence-corrected chi connectivity index (χ4v) is 4.31. The summed E-state index contributed by atoms with van der Waals surface area (Å²) < 4.78 is 10.6. The lowest BCUT2D eigenvalue weighted by Gasteiger charge is -2.23. The van der Waals surface area contributed by atoms with E-state index in [1.165, 1.54) is 11.0 Å². The fourth-order valence-electron chi connectivity index (χ4n) is 4.31. The van der Waals surface area contributed by atoms with Crippen LogP contribution in [-0.2, 0) is 16.1 Å². The molecule has 0 spiro atoms. The van der Waals surface area contributed by atoms with Gasteiger partial charge in [0.15, 0.2) is 0 Å². The van der Waals surface area contributed by atoms with Gasteiger partial charge in [0.05, 0.1) is 0 Å². The first-order chi connectivity index (χ1) is 17.1. The number of carbonyl (C=O) groups excluding carboxylic acids is 2. The monoisotopic (exact) mass is 468 g/mol. The summed E-state index contributed by atoms with van der Waals surface area (Å²) in [6.45, 7) is 0.653. The van der Waals surface area contributed by atoms with Gasteiger partial charge in [-0.1, -0.05) is 48.5 Å². The number of anilines is 1. The van der Waals surface area contributed by atoms with E-state index < -0.39 is 12.1 Å². The average molecular weight is 469 g/mol. The molecule has 1 N–H and O–H groups in total. The van der Waals surface area contributed by atoms with E-state index >= 15 is 0 Å². The van der Waals surface area contributed by atoms with E-state index in [9.17, 15) is 14.4 Å². The molecule has 0 aliphatic carbocycles. The van der Waals surface area contributed by atoms with E-state index in [4.69, 9.17) is 9.15 Å². The summed E-state index contributed by atoms with van der Waals surface area (Å²) in [5, 5.41) is 3.76. The molecule has 5 rings (SSSR count). The number of nitrogens with zero attached hydrogens (tertiary/aromatic N) is 1. The van der Waals surface area contributed by atoms with Gasteiger partial charge in [-0.25, -0.2) is 9.59 Å². The minimum absolute atomic E-state index is 0.168. The average Bonchev–Trinajstić information content (AvgIpc) is 3.38. The first-order valence-electron chi connectivity index (χ1n) is 11.5. The van der Waals surface area contributed by atoms with Gasteiger partial charge in [-0.05, 0) is 59.9 Å². The quantitative estimate of drug-likeness (QED) is 0.407. The van der Waals surface area contributed by atoms with Crippen molar-refractivity contribution in [1.29, 1.82) is 0 Å². The fraction of sp³-hybridized carbons (Fsp3) is 0.179. The maximum atomic E-state index is 13.1. The number of hydrogen-bond acceptors (Lipinski definition) is 5. The van der Waals surface area contributed by atoms with Crippen molar-refractivity contribution in [3.8, 4) is 11.1 Å². The van der Waals surface area contributed by atoms with Crippen molar-refractivity contribution in [1.82, 2.24) is 4.90 Å². The van der Waals surface area contributed by atoms with E-state index in [1.807, 2.05) is 66.7 Å². The third-order valence-corrected chi connectivity index (χ3v) is 6.08. The summed E-state index contributed by atoms with van der Waals surface area (Å²) in [5.74, 6) is -0.239. The Balaban J connectivity index is 1.27.